The van der Waals surface area contributed by atoms with Crippen LogP contribution in [0.15, 0.2) is 30.3 Å². The lowest BCUT2D eigenvalue weighted by Gasteiger charge is -2.12. The molecule has 0 aliphatic carbocycles. The number of rotatable bonds is 1. The first kappa shape index (κ1) is 10.6. The van der Waals surface area contributed by atoms with Crippen molar-refractivity contribution >= 4 is 33.2 Å². The monoisotopic (exact) mass is 249 g/mol. The lowest BCUT2D eigenvalue weighted by Crippen LogP contribution is -2.21. The number of thioether (sulfide) groups is 1. The maximum Gasteiger partial charge on any atom is 0.0507 e. The number of benzene rings is 1. The van der Waals surface area contributed by atoms with E-state index in [9.17, 15) is 0 Å². The van der Waals surface area contributed by atoms with Gasteiger partial charge in [-0.3, -0.25) is 0 Å². The quantitative estimate of drug-likeness (QED) is 0.827. The molecule has 84 valence electrons. The van der Waals surface area contributed by atoms with Gasteiger partial charge < -0.3 is 5.32 Å². The maximum absolute atomic E-state index is 3.65. The Kier molecular flexibility index (Phi) is 3.18. The van der Waals surface area contributed by atoms with Gasteiger partial charge in [0, 0.05) is 15.3 Å². The van der Waals surface area contributed by atoms with E-state index in [0.717, 1.165) is 6.54 Å². The van der Waals surface area contributed by atoms with Crippen molar-refractivity contribution in [2.24, 2.45) is 0 Å². The number of nitrogens with one attached hydrogen (secondary N) is 1. The van der Waals surface area contributed by atoms with Crippen molar-refractivity contribution in [1.82, 2.24) is 5.32 Å². The highest BCUT2D eigenvalue weighted by Crippen LogP contribution is 2.32. The van der Waals surface area contributed by atoms with Gasteiger partial charge in [-0.2, -0.15) is 11.8 Å². The third kappa shape index (κ3) is 2.12. The minimum Gasteiger partial charge on any atom is -0.309 e. The Morgan fingerprint density at radius 1 is 1.25 bits per heavy atom. The predicted molar refractivity (Wildman–Crippen MR) is 74.5 cm³/mol. The SMILES string of the molecule is c1ccc2sc(C3CSCCCN3)cc2c1. The topological polar surface area (TPSA) is 12.0 Å². The summed E-state index contributed by atoms with van der Waals surface area (Å²) in [5, 5.41) is 5.04. The number of hydrogen-bond acceptors (Lipinski definition) is 3. The van der Waals surface area contributed by atoms with E-state index in [1.807, 2.05) is 11.3 Å². The Morgan fingerprint density at radius 3 is 3.12 bits per heavy atom. The van der Waals surface area contributed by atoms with Crippen LogP contribution in [0.3, 0.4) is 0 Å². The van der Waals surface area contributed by atoms with Crippen molar-refractivity contribution < 1.29 is 0 Å². The largest absolute Gasteiger partial charge is 0.309 e. The Bertz CT molecular complexity index is 436. The summed E-state index contributed by atoms with van der Waals surface area (Å²) in [5.74, 6) is 2.52. The fourth-order valence-electron chi connectivity index (χ4n) is 2.07. The van der Waals surface area contributed by atoms with E-state index in [1.54, 1.807) is 0 Å². The van der Waals surface area contributed by atoms with Crippen LogP contribution in [0.25, 0.3) is 10.1 Å². The summed E-state index contributed by atoms with van der Waals surface area (Å²) in [6.45, 7) is 1.16. The summed E-state index contributed by atoms with van der Waals surface area (Å²) in [7, 11) is 0. The van der Waals surface area contributed by atoms with Crippen molar-refractivity contribution in [1.29, 1.82) is 0 Å². The second-order valence-corrected chi connectivity index (χ2v) is 6.39. The molecule has 0 bridgehead atoms. The Hall–Kier alpha value is -0.510. The number of hydrogen-bond donors (Lipinski definition) is 1. The normalized spacial score (nSPS) is 22.1. The van der Waals surface area contributed by atoms with Crippen LogP contribution in [-0.2, 0) is 0 Å². The third-order valence-electron chi connectivity index (χ3n) is 2.93. The summed E-state index contributed by atoms with van der Waals surface area (Å²) < 4.78 is 1.41. The predicted octanol–water partition coefficient (Wildman–Crippen LogP) is 3.67. The lowest BCUT2D eigenvalue weighted by atomic mass is 10.2. The lowest BCUT2D eigenvalue weighted by molar-refractivity contribution is 0.598. The average molecular weight is 249 g/mol. The molecule has 1 unspecified atom stereocenters. The summed E-state index contributed by atoms with van der Waals surface area (Å²) in [6.07, 6.45) is 1.30. The van der Waals surface area contributed by atoms with Crippen LogP contribution < -0.4 is 5.32 Å². The zero-order chi connectivity index (χ0) is 10.8. The highest BCUT2D eigenvalue weighted by molar-refractivity contribution is 7.99. The van der Waals surface area contributed by atoms with Crippen LogP contribution in [0.1, 0.15) is 17.3 Å². The second-order valence-electron chi connectivity index (χ2n) is 4.12. The van der Waals surface area contributed by atoms with Gasteiger partial charge in [0.25, 0.3) is 0 Å². The molecule has 1 atom stereocenters. The molecule has 0 spiro atoms. The van der Waals surface area contributed by atoms with Gasteiger partial charge in [-0.1, -0.05) is 18.2 Å². The zero-order valence-electron chi connectivity index (χ0n) is 9.11. The summed E-state index contributed by atoms with van der Waals surface area (Å²) in [4.78, 5) is 1.50. The molecule has 1 aromatic heterocycles. The molecule has 1 saturated heterocycles. The minimum atomic E-state index is 0.560. The van der Waals surface area contributed by atoms with Crippen LogP contribution >= 0.6 is 23.1 Å². The van der Waals surface area contributed by atoms with Gasteiger partial charge in [0.1, 0.15) is 0 Å². The Morgan fingerprint density at radius 2 is 2.19 bits per heavy atom. The average Bonchev–Trinajstić information content (AvgIpc) is 2.56. The number of thiophene rings is 1. The van der Waals surface area contributed by atoms with E-state index >= 15 is 0 Å². The molecule has 1 aliphatic rings. The molecule has 0 amide bonds. The van der Waals surface area contributed by atoms with E-state index in [0.29, 0.717) is 6.04 Å². The molecule has 16 heavy (non-hydrogen) atoms. The molecule has 1 aromatic carbocycles. The van der Waals surface area contributed by atoms with Gasteiger partial charge >= 0.3 is 0 Å². The van der Waals surface area contributed by atoms with Crippen molar-refractivity contribution in [3.8, 4) is 0 Å². The molecular weight excluding hydrogens is 234 g/mol. The van der Waals surface area contributed by atoms with Crippen LogP contribution in [0.2, 0.25) is 0 Å². The standard InChI is InChI=1S/C13H15NS2/c1-2-5-12-10(4-1)8-13(16-12)11-9-15-7-3-6-14-11/h1-2,4-5,8,11,14H,3,6-7,9H2. The molecule has 2 heterocycles. The summed E-state index contributed by atoms with van der Waals surface area (Å²) >= 11 is 4.01. The Labute approximate surface area is 104 Å². The molecule has 1 nitrogen and oxygen atoms in total. The fourth-order valence-corrected chi connectivity index (χ4v) is 4.36. The van der Waals surface area contributed by atoms with E-state index in [4.69, 9.17) is 0 Å². The van der Waals surface area contributed by atoms with Crippen molar-refractivity contribution in [3.63, 3.8) is 0 Å². The molecule has 1 N–H and O–H groups in total. The molecule has 3 heteroatoms. The van der Waals surface area contributed by atoms with Gasteiger partial charge in [0.2, 0.25) is 0 Å². The van der Waals surface area contributed by atoms with E-state index in [1.165, 1.54) is 32.9 Å². The number of fused-ring (bicyclic) bond motifs is 1. The molecule has 1 fully saturated rings. The minimum absolute atomic E-state index is 0.560. The van der Waals surface area contributed by atoms with Gasteiger partial charge in [-0.25, -0.2) is 0 Å². The maximum atomic E-state index is 3.65. The first-order valence-corrected chi connectivity index (χ1v) is 7.70. The van der Waals surface area contributed by atoms with E-state index in [2.05, 4.69) is 47.4 Å². The van der Waals surface area contributed by atoms with Crippen molar-refractivity contribution in [3.05, 3.63) is 35.2 Å². The van der Waals surface area contributed by atoms with Crippen molar-refractivity contribution in [2.75, 3.05) is 18.1 Å². The van der Waals surface area contributed by atoms with E-state index < -0.39 is 0 Å². The molecule has 0 saturated carbocycles. The molecule has 2 aromatic rings. The molecule has 1 aliphatic heterocycles. The molecule has 0 radical (unpaired) electrons. The summed E-state index contributed by atoms with van der Waals surface area (Å²) in [5.41, 5.74) is 0. The van der Waals surface area contributed by atoms with E-state index in [-0.39, 0.29) is 0 Å². The zero-order valence-corrected chi connectivity index (χ0v) is 10.7. The summed E-state index contributed by atoms with van der Waals surface area (Å²) in [6, 6.07) is 11.6. The highest BCUT2D eigenvalue weighted by Gasteiger charge is 2.15. The third-order valence-corrected chi connectivity index (χ3v) is 5.30. The van der Waals surface area contributed by atoms with Gasteiger partial charge in [0.15, 0.2) is 0 Å². The van der Waals surface area contributed by atoms with Gasteiger partial charge in [0.05, 0.1) is 6.04 Å². The fraction of sp³-hybridized carbons (Fsp3) is 0.385. The smallest absolute Gasteiger partial charge is 0.0507 e. The van der Waals surface area contributed by atoms with Crippen LogP contribution in [0.5, 0.6) is 0 Å². The van der Waals surface area contributed by atoms with Crippen LogP contribution in [0.4, 0.5) is 0 Å². The van der Waals surface area contributed by atoms with Crippen molar-refractivity contribution in [2.45, 2.75) is 12.5 Å². The van der Waals surface area contributed by atoms with Gasteiger partial charge in [-0.05, 0) is 36.2 Å². The van der Waals surface area contributed by atoms with Crippen LogP contribution in [0, 0.1) is 0 Å². The first-order valence-electron chi connectivity index (χ1n) is 5.73. The van der Waals surface area contributed by atoms with Crippen LogP contribution in [-0.4, -0.2) is 18.1 Å². The van der Waals surface area contributed by atoms with Gasteiger partial charge in [-0.15, -0.1) is 11.3 Å². The molecular formula is C13H15NS2. The highest BCUT2D eigenvalue weighted by atomic mass is 32.2. The Balaban J connectivity index is 1.92. The molecule has 3 rings (SSSR count). The first-order chi connectivity index (χ1) is 7.93. The second kappa shape index (κ2) is 4.78.